The summed E-state index contributed by atoms with van der Waals surface area (Å²) in [5.41, 5.74) is 0.0841. The Balaban J connectivity index is 1.76. The first kappa shape index (κ1) is 23.3. The lowest BCUT2D eigenvalue weighted by atomic mass is 10.0. The highest BCUT2D eigenvalue weighted by molar-refractivity contribution is 7.92. The molecule has 1 atom stereocenters. The standard InChI is InChI=1S/C23H22F2N2O4S2/c24-15-10-11-19(18(25)14-15)31-21(22(28)27-23-26-12-13-32-23)17-8-4-5-9-20(17)33(29,30)16-6-2-1-3-7-16/h4-5,8-14,16,21H,1-3,6-7H2,(H,26,27,28). The number of carbonyl (C=O) groups excluding carboxylic acids is 1. The molecule has 1 heterocycles. The molecule has 33 heavy (non-hydrogen) atoms. The van der Waals surface area contributed by atoms with E-state index in [0.29, 0.717) is 18.9 Å². The molecule has 174 valence electrons. The predicted molar refractivity (Wildman–Crippen MR) is 121 cm³/mol. The van der Waals surface area contributed by atoms with Gasteiger partial charge in [-0.15, -0.1) is 11.3 Å². The van der Waals surface area contributed by atoms with Crippen molar-refractivity contribution in [2.75, 3.05) is 5.32 Å². The second-order valence-corrected chi connectivity index (χ2v) is 10.8. The van der Waals surface area contributed by atoms with Crippen LogP contribution < -0.4 is 10.1 Å². The van der Waals surface area contributed by atoms with Crippen LogP contribution in [0.3, 0.4) is 0 Å². The topological polar surface area (TPSA) is 85.4 Å². The molecule has 1 aliphatic rings. The van der Waals surface area contributed by atoms with Gasteiger partial charge in [0.25, 0.3) is 5.91 Å². The average molecular weight is 493 g/mol. The number of aromatic nitrogens is 1. The number of sulfone groups is 1. The van der Waals surface area contributed by atoms with Gasteiger partial charge in [0.2, 0.25) is 6.10 Å². The fourth-order valence-electron chi connectivity index (χ4n) is 3.92. The first-order valence-corrected chi connectivity index (χ1v) is 12.9. The number of halogens is 2. The molecule has 0 aliphatic heterocycles. The summed E-state index contributed by atoms with van der Waals surface area (Å²) in [6.45, 7) is 0. The zero-order chi connectivity index (χ0) is 23.4. The van der Waals surface area contributed by atoms with Crippen LogP contribution in [0.15, 0.2) is 58.9 Å². The monoisotopic (exact) mass is 492 g/mol. The Labute approximate surface area is 194 Å². The third-order valence-corrected chi connectivity index (χ3v) is 8.56. The Morgan fingerprint density at radius 1 is 1.12 bits per heavy atom. The predicted octanol–water partition coefficient (Wildman–Crippen LogP) is 5.29. The lowest BCUT2D eigenvalue weighted by molar-refractivity contribution is -0.123. The Morgan fingerprint density at radius 2 is 1.88 bits per heavy atom. The van der Waals surface area contributed by atoms with Crippen LogP contribution in [0.1, 0.15) is 43.8 Å². The van der Waals surface area contributed by atoms with Crippen molar-refractivity contribution in [3.8, 4) is 5.75 Å². The molecule has 0 bridgehead atoms. The fourth-order valence-corrected chi connectivity index (χ4v) is 6.54. The smallest absolute Gasteiger partial charge is 0.272 e. The molecule has 4 rings (SSSR count). The quantitative estimate of drug-likeness (QED) is 0.485. The molecule has 0 radical (unpaired) electrons. The summed E-state index contributed by atoms with van der Waals surface area (Å²) in [5, 5.41) is 3.96. The fraction of sp³-hybridized carbons (Fsp3) is 0.304. The number of hydrogen-bond acceptors (Lipinski definition) is 6. The van der Waals surface area contributed by atoms with E-state index >= 15 is 0 Å². The van der Waals surface area contributed by atoms with Gasteiger partial charge in [0.1, 0.15) is 5.82 Å². The van der Waals surface area contributed by atoms with E-state index < -0.39 is 38.7 Å². The van der Waals surface area contributed by atoms with Crippen LogP contribution in [0.5, 0.6) is 5.75 Å². The highest BCUT2D eigenvalue weighted by Crippen LogP contribution is 2.35. The summed E-state index contributed by atoms with van der Waals surface area (Å²) >= 11 is 1.17. The number of nitrogens with one attached hydrogen (secondary N) is 1. The van der Waals surface area contributed by atoms with E-state index in [1.54, 1.807) is 17.5 Å². The van der Waals surface area contributed by atoms with Crippen molar-refractivity contribution < 1.29 is 26.7 Å². The molecule has 1 unspecified atom stereocenters. The summed E-state index contributed by atoms with van der Waals surface area (Å²) in [6, 6.07) is 8.77. The van der Waals surface area contributed by atoms with Crippen molar-refractivity contribution in [3.05, 3.63) is 71.2 Å². The molecule has 2 aromatic carbocycles. The Kier molecular flexibility index (Phi) is 7.04. The van der Waals surface area contributed by atoms with Gasteiger partial charge in [0.05, 0.1) is 10.1 Å². The Bertz CT molecular complexity index is 1230. The van der Waals surface area contributed by atoms with Crippen molar-refractivity contribution >= 4 is 32.2 Å². The molecule has 10 heteroatoms. The van der Waals surface area contributed by atoms with E-state index in [9.17, 15) is 22.0 Å². The van der Waals surface area contributed by atoms with Crippen LogP contribution in [0.4, 0.5) is 13.9 Å². The minimum Gasteiger partial charge on any atom is -0.473 e. The van der Waals surface area contributed by atoms with E-state index in [0.717, 1.165) is 31.4 Å². The number of thiazole rings is 1. The molecular formula is C23H22F2N2O4S2. The molecule has 0 saturated heterocycles. The van der Waals surface area contributed by atoms with E-state index in [-0.39, 0.29) is 21.3 Å². The third kappa shape index (κ3) is 5.22. The van der Waals surface area contributed by atoms with Crippen LogP contribution in [0.25, 0.3) is 0 Å². The number of anilines is 1. The molecule has 1 aromatic heterocycles. The highest BCUT2D eigenvalue weighted by atomic mass is 32.2. The lowest BCUT2D eigenvalue weighted by Crippen LogP contribution is -2.30. The maximum atomic E-state index is 14.4. The number of rotatable bonds is 7. The SMILES string of the molecule is O=C(Nc1nccs1)C(Oc1ccc(F)cc1F)c1ccccc1S(=O)(=O)C1CCCCC1. The maximum Gasteiger partial charge on any atom is 0.272 e. The number of benzene rings is 2. The van der Waals surface area contributed by atoms with Gasteiger partial charge in [-0.3, -0.25) is 10.1 Å². The molecule has 6 nitrogen and oxygen atoms in total. The largest absolute Gasteiger partial charge is 0.473 e. The van der Waals surface area contributed by atoms with Gasteiger partial charge >= 0.3 is 0 Å². The van der Waals surface area contributed by atoms with E-state index in [1.807, 2.05) is 0 Å². The molecule has 1 saturated carbocycles. The third-order valence-electron chi connectivity index (χ3n) is 5.54. The van der Waals surface area contributed by atoms with Gasteiger partial charge in [-0.2, -0.15) is 0 Å². The summed E-state index contributed by atoms with van der Waals surface area (Å²) in [7, 11) is -3.77. The summed E-state index contributed by atoms with van der Waals surface area (Å²) in [4.78, 5) is 17.2. The van der Waals surface area contributed by atoms with E-state index in [1.165, 1.54) is 29.7 Å². The second-order valence-electron chi connectivity index (χ2n) is 7.74. The van der Waals surface area contributed by atoms with Crippen molar-refractivity contribution in [1.82, 2.24) is 4.98 Å². The summed E-state index contributed by atoms with van der Waals surface area (Å²) < 4.78 is 60.4. The van der Waals surface area contributed by atoms with Gasteiger partial charge in [-0.05, 0) is 31.0 Å². The number of carbonyl (C=O) groups is 1. The zero-order valence-corrected chi connectivity index (χ0v) is 19.2. The maximum absolute atomic E-state index is 14.4. The van der Waals surface area contributed by atoms with Gasteiger partial charge in [-0.1, -0.05) is 37.5 Å². The van der Waals surface area contributed by atoms with Crippen LogP contribution >= 0.6 is 11.3 Å². The lowest BCUT2D eigenvalue weighted by Gasteiger charge is -2.25. The van der Waals surface area contributed by atoms with Crippen LogP contribution in [-0.4, -0.2) is 24.6 Å². The minimum atomic E-state index is -3.77. The highest BCUT2D eigenvalue weighted by Gasteiger charge is 2.35. The molecule has 3 aromatic rings. The number of hydrogen-bond donors (Lipinski definition) is 1. The van der Waals surface area contributed by atoms with Crippen molar-refractivity contribution in [1.29, 1.82) is 0 Å². The molecule has 0 spiro atoms. The minimum absolute atomic E-state index is 0.0290. The molecule has 1 fully saturated rings. The van der Waals surface area contributed by atoms with Gasteiger partial charge in [-0.25, -0.2) is 22.2 Å². The molecule has 1 amide bonds. The molecule has 1 aliphatic carbocycles. The zero-order valence-electron chi connectivity index (χ0n) is 17.5. The van der Waals surface area contributed by atoms with Gasteiger partial charge < -0.3 is 4.74 Å². The van der Waals surface area contributed by atoms with E-state index in [2.05, 4.69) is 10.3 Å². The second kappa shape index (κ2) is 9.96. The molecule has 1 N–H and O–H groups in total. The van der Waals surface area contributed by atoms with Crippen molar-refractivity contribution in [2.24, 2.45) is 0 Å². The van der Waals surface area contributed by atoms with Crippen LogP contribution in [-0.2, 0) is 14.6 Å². The van der Waals surface area contributed by atoms with Crippen molar-refractivity contribution in [2.45, 2.75) is 48.4 Å². The number of nitrogens with zero attached hydrogens (tertiary/aromatic N) is 1. The summed E-state index contributed by atoms with van der Waals surface area (Å²) in [5.74, 6) is -2.90. The van der Waals surface area contributed by atoms with Crippen molar-refractivity contribution in [3.63, 3.8) is 0 Å². The first-order chi connectivity index (χ1) is 15.9. The van der Waals surface area contributed by atoms with E-state index in [4.69, 9.17) is 4.74 Å². The first-order valence-electron chi connectivity index (χ1n) is 10.5. The Morgan fingerprint density at radius 3 is 2.58 bits per heavy atom. The van der Waals surface area contributed by atoms with Gasteiger partial charge in [0.15, 0.2) is 26.5 Å². The average Bonchev–Trinajstić information content (AvgIpc) is 3.32. The van der Waals surface area contributed by atoms with Crippen LogP contribution in [0.2, 0.25) is 0 Å². The Hall–Kier alpha value is -2.85. The van der Waals surface area contributed by atoms with Gasteiger partial charge in [0, 0.05) is 23.2 Å². The summed E-state index contributed by atoms with van der Waals surface area (Å²) in [6.07, 6.45) is 3.69. The molecular weight excluding hydrogens is 470 g/mol. The van der Waals surface area contributed by atoms with Crippen LogP contribution in [0, 0.1) is 11.6 Å². The number of amides is 1. The number of ether oxygens (including phenoxy) is 1. The normalized spacial score (nSPS) is 15.7.